The summed E-state index contributed by atoms with van der Waals surface area (Å²) >= 11 is 0. The Balaban J connectivity index is 2.70. The van der Waals surface area contributed by atoms with Gasteiger partial charge in [0.2, 0.25) is 0 Å². The fourth-order valence-corrected chi connectivity index (χ4v) is 2.21. The molecule has 1 N–H and O–H groups in total. The number of aryl methyl sites for hydroxylation is 3. The molecule has 5 nitrogen and oxygen atoms in total. The van der Waals surface area contributed by atoms with Crippen molar-refractivity contribution in [3.63, 3.8) is 0 Å². The van der Waals surface area contributed by atoms with E-state index in [-0.39, 0.29) is 6.42 Å². The molecule has 5 heteroatoms. The van der Waals surface area contributed by atoms with Crippen LogP contribution in [0.4, 0.5) is 0 Å². The van der Waals surface area contributed by atoms with Gasteiger partial charge in [0.15, 0.2) is 0 Å². The van der Waals surface area contributed by atoms with Gasteiger partial charge < -0.3 is 9.67 Å². The van der Waals surface area contributed by atoms with E-state index in [0.29, 0.717) is 0 Å². The molecule has 0 unspecified atom stereocenters. The molecule has 2 heterocycles. The van der Waals surface area contributed by atoms with Crippen LogP contribution in [-0.2, 0) is 24.2 Å². The number of carboxylic acid groups (broad SMARTS) is 1. The number of rotatable bonds is 4. The molecule has 2 aromatic rings. The van der Waals surface area contributed by atoms with E-state index < -0.39 is 5.97 Å². The molecular weight excluding hydrogens is 230 g/mol. The summed E-state index contributed by atoms with van der Waals surface area (Å²) in [7, 11) is 0. The maximum absolute atomic E-state index is 10.9. The smallest absolute Gasteiger partial charge is 0.307 e. The lowest BCUT2D eigenvalue weighted by atomic mass is 10.1. The molecule has 0 atom stereocenters. The van der Waals surface area contributed by atoms with Gasteiger partial charge >= 0.3 is 5.97 Å². The van der Waals surface area contributed by atoms with Crippen LogP contribution in [0.3, 0.4) is 0 Å². The molecule has 0 spiro atoms. The highest BCUT2D eigenvalue weighted by Crippen LogP contribution is 2.23. The van der Waals surface area contributed by atoms with Crippen LogP contribution in [-0.4, -0.2) is 25.6 Å². The van der Waals surface area contributed by atoms with Gasteiger partial charge in [-0.05, 0) is 19.4 Å². The van der Waals surface area contributed by atoms with E-state index >= 15 is 0 Å². The van der Waals surface area contributed by atoms with Crippen LogP contribution in [0.15, 0.2) is 6.20 Å². The van der Waals surface area contributed by atoms with E-state index in [1.165, 1.54) is 0 Å². The average Bonchev–Trinajstić information content (AvgIpc) is 2.66. The summed E-state index contributed by atoms with van der Waals surface area (Å²) in [6.07, 6.45) is 2.67. The number of carbonyl (C=O) groups is 1. The fraction of sp³-hybridized carbons (Fsp3) is 0.462. The molecular formula is C13H17N3O2. The molecule has 2 aromatic heterocycles. The average molecular weight is 247 g/mol. The van der Waals surface area contributed by atoms with Crippen molar-refractivity contribution >= 4 is 17.0 Å². The number of fused-ring (bicyclic) bond motifs is 1. The molecule has 0 saturated heterocycles. The maximum atomic E-state index is 10.9. The van der Waals surface area contributed by atoms with Gasteiger partial charge in [0, 0.05) is 24.5 Å². The first-order valence-electron chi connectivity index (χ1n) is 6.13. The van der Waals surface area contributed by atoms with Crippen molar-refractivity contribution in [3.8, 4) is 0 Å². The zero-order valence-corrected chi connectivity index (χ0v) is 10.9. The van der Waals surface area contributed by atoms with Crippen LogP contribution >= 0.6 is 0 Å². The third-order valence-corrected chi connectivity index (χ3v) is 3.02. The zero-order chi connectivity index (χ0) is 13.3. The van der Waals surface area contributed by atoms with Crippen LogP contribution in [0, 0.1) is 6.92 Å². The fourth-order valence-electron chi connectivity index (χ4n) is 2.21. The zero-order valence-electron chi connectivity index (χ0n) is 10.9. The molecule has 0 aliphatic carbocycles. The Morgan fingerprint density at radius 1 is 1.39 bits per heavy atom. The van der Waals surface area contributed by atoms with Gasteiger partial charge in [-0.15, -0.1) is 0 Å². The molecule has 0 radical (unpaired) electrons. The van der Waals surface area contributed by atoms with Crippen LogP contribution in [0.25, 0.3) is 11.0 Å². The van der Waals surface area contributed by atoms with E-state index in [1.54, 1.807) is 0 Å². The van der Waals surface area contributed by atoms with E-state index in [0.717, 1.165) is 41.1 Å². The van der Waals surface area contributed by atoms with Gasteiger partial charge in [0.1, 0.15) is 11.5 Å². The van der Waals surface area contributed by atoms with Crippen LogP contribution in [0.5, 0.6) is 0 Å². The topological polar surface area (TPSA) is 68.0 Å². The number of hydrogen-bond acceptors (Lipinski definition) is 3. The first kappa shape index (κ1) is 12.5. The number of nitrogens with zero attached hydrogens (tertiary/aromatic N) is 3. The quantitative estimate of drug-likeness (QED) is 0.896. The van der Waals surface area contributed by atoms with Gasteiger partial charge in [-0.25, -0.2) is 9.97 Å². The van der Waals surface area contributed by atoms with Gasteiger partial charge in [0.05, 0.1) is 12.1 Å². The largest absolute Gasteiger partial charge is 0.481 e. The molecule has 0 saturated carbocycles. The lowest BCUT2D eigenvalue weighted by Gasteiger charge is -2.04. The number of carboxylic acids is 1. The first-order valence-corrected chi connectivity index (χ1v) is 6.13. The van der Waals surface area contributed by atoms with Crippen LogP contribution in [0.2, 0.25) is 0 Å². The maximum Gasteiger partial charge on any atom is 0.307 e. The van der Waals surface area contributed by atoms with Crippen LogP contribution < -0.4 is 0 Å². The molecule has 0 amide bonds. The summed E-state index contributed by atoms with van der Waals surface area (Å²) in [6, 6.07) is 0. The second kappa shape index (κ2) is 4.76. The predicted molar refractivity (Wildman–Crippen MR) is 68.7 cm³/mol. The predicted octanol–water partition coefficient (Wildman–Crippen LogP) is 1.95. The minimum absolute atomic E-state index is 0.0131. The number of aliphatic carboxylic acids is 1. The summed E-state index contributed by atoms with van der Waals surface area (Å²) in [5.41, 5.74) is 2.50. The highest BCUT2D eigenvalue weighted by Gasteiger charge is 2.15. The second-order valence-corrected chi connectivity index (χ2v) is 4.29. The van der Waals surface area contributed by atoms with Crippen molar-refractivity contribution < 1.29 is 9.90 Å². The van der Waals surface area contributed by atoms with E-state index in [1.807, 2.05) is 31.5 Å². The van der Waals surface area contributed by atoms with Gasteiger partial charge in [-0.1, -0.05) is 6.92 Å². The Morgan fingerprint density at radius 2 is 2.11 bits per heavy atom. The third kappa shape index (κ3) is 2.08. The standard InChI is InChI=1S/C13H17N3O2/c1-4-10-14-8(3)12-9(6-11(17)18)7-16(5-2)13(12)15-10/h7H,4-6H2,1-3H3,(H,17,18). The highest BCUT2D eigenvalue weighted by molar-refractivity contribution is 5.86. The van der Waals surface area contributed by atoms with Crippen molar-refractivity contribution in [3.05, 3.63) is 23.3 Å². The lowest BCUT2D eigenvalue weighted by molar-refractivity contribution is -0.136. The number of hydrogen-bond donors (Lipinski definition) is 1. The Labute approximate surface area is 105 Å². The van der Waals surface area contributed by atoms with Crippen molar-refractivity contribution in [1.29, 1.82) is 0 Å². The van der Waals surface area contributed by atoms with Crippen molar-refractivity contribution in [1.82, 2.24) is 14.5 Å². The van der Waals surface area contributed by atoms with E-state index in [2.05, 4.69) is 9.97 Å². The van der Waals surface area contributed by atoms with Gasteiger partial charge in [0.25, 0.3) is 0 Å². The Hall–Kier alpha value is -1.91. The third-order valence-electron chi connectivity index (χ3n) is 3.02. The molecule has 18 heavy (non-hydrogen) atoms. The SMILES string of the molecule is CCc1nc(C)c2c(CC(=O)O)cn(CC)c2n1. The minimum atomic E-state index is -0.830. The van der Waals surface area contributed by atoms with E-state index in [4.69, 9.17) is 5.11 Å². The molecule has 2 rings (SSSR count). The molecule has 0 aliphatic heterocycles. The summed E-state index contributed by atoms with van der Waals surface area (Å²) in [6.45, 7) is 6.72. The lowest BCUT2D eigenvalue weighted by Crippen LogP contribution is -2.01. The summed E-state index contributed by atoms with van der Waals surface area (Å²) in [4.78, 5) is 19.8. The minimum Gasteiger partial charge on any atom is -0.481 e. The molecule has 0 bridgehead atoms. The van der Waals surface area contributed by atoms with E-state index in [9.17, 15) is 4.79 Å². The van der Waals surface area contributed by atoms with Crippen molar-refractivity contribution in [2.75, 3.05) is 0 Å². The van der Waals surface area contributed by atoms with Crippen LogP contribution in [0.1, 0.15) is 30.9 Å². The first-order chi connectivity index (χ1) is 8.56. The van der Waals surface area contributed by atoms with Gasteiger partial charge in [-0.3, -0.25) is 4.79 Å². The second-order valence-electron chi connectivity index (χ2n) is 4.29. The summed E-state index contributed by atoms with van der Waals surface area (Å²) in [5.74, 6) is -0.0289. The Bertz CT molecular complexity index is 602. The normalized spacial score (nSPS) is 11.1. The van der Waals surface area contributed by atoms with Gasteiger partial charge in [-0.2, -0.15) is 0 Å². The number of aromatic nitrogens is 3. The van der Waals surface area contributed by atoms with Crippen molar-refractivity contribution in [2.45, 2.75) is 40.2 Å². The molecule has 0 aromatic carbocycles. The molecule has 96 valence electrons. The summed E-state index contributed by atoms with van der Waals surface area (Å²) in [5, 5.41) is 9.84. The Morgan fingerprint density at radius 3 is 2.67 bits per heavy atom. The highest BCUT2D eigenvalue weighted by atomic mass is 16.4. The van der Waals surface area contributed by atoms with Crippen molar-refractivity contribution in [2.24, 2.45) is 0 Å². The Kier molecular flexibility index (Phi) is 3.32. The summed E-state index contributed by atoms with van der Waals surface area (Å²) < 4.78 is 1.99. The molecule has 0 aliphatic rings. The molecule has 0 fully saturated rings. The monoisotopic (exact) mass is 247 g/mol.